The maximum atomic E-state index is 12.3. The third-order valence-electron chi connectivity index (χ3n) is 3.42. The maximum absolute atomic E-state index is 12.3. The van der Waals surface area contributed by atoms with Gasteiger partial charge in [0.25, 0.3) is 0 Å². The lowest BCUT2D eigenvalue weighted by atomic mass is 10.2. The Kier molecular flexibility index (Phi) is 6.22. The van der Waals surface area contributed by atoms with Crippen molar-refractivity contribution in [1.29, 1.82) is 0 Å². The predicted octanol–water partition coefficient (Wildman–Crippen LogP) is 0.928. The quantitative estimate of drug-likeness (QED) is 0.647. The zero-order chi connectivity index (χ0) is 14.5. The van der Waals surface area contributed by atoms with Crippen molar-refractivity contribution in [3.05, 3.63) is 0 Å². The number of ether oxygens (including phenoxy) is 1. The van der Waals surface area contributed by atoms with Crippen LogP contribution in [-0.4, -0.2) is 55.9 Å². The summed E-state index contributed by atoms with van der Waals surface area (Å²) in [6.45, 7) is 2.61. The Labute approximate surface area is 114 Å². The molecule has 1 unspecified atom stereocenters. The molecule has 1 aliphatic rings. The summed E-state index contributed by atoms with van der Waals surface area (Å²) in [5.41, 5.74) is 0. The van der Waals surface area contributed by atoms with Gasteiger partial charge in [0.1, 0.15) is 0 Å². The third kappa shape index (κ3) is 5.46. The highest BCUT2D eigenvalue weighted by molar-refractivity contribution is 7.89. The number of sulfonamides is 1. The van der Waals surface area contributed by atoms with Gasteiger partial charge in [-0.25, -0.2) is 8.42 Å². The summed E-state index contributed by atoms with van der Waals surface area (Å²) < 4.78 is 31.0. The van der Waals surface area contributed by atoms with Gasteiger partial charge in [0, 0.05) is 26.1 Å². The van der Waals surface area contributed by atoms with Gasteiger partial charge >= 0.3 is 5.97 Å². The van der Waals surface area contributed by atoms with E-state index < -0.39 is 16.0 Å². The summed E-state index contributed by atoms with van der Waals surface area (Å²) in [5, 5.41) is 8.57. The van der Waals surface area contributed by atoms with Crippen molar-refractivity contribution in [2.45, 2.75) is 38.6 Å². The molecule has 0 aromatic rings. The van der Waals surface area contributed by atoms with Crippen LogP contribution in [0.25, 0.3) is 0 Å². The minimum Gasteiger partial charge on any atom is -0.481 e. The Morgan fingerprint density at radius 2 is 2.11 bits per heavy atom. The molecule has 1 rings (SSSR count). The van der Waals surface area contributed by atoms with Crippen LogP contribution in [0.3, 0.4) is 0 Å². The minimum absolute atomic E-state index is 0.0232. The van der Waals surface area contributed by atoms with Crippen molar-refractivity contribution in [2.24, 2.45) is 5.92 Å². The van der Waals surface area contributed by atoms with E-state index in [9.17, 15) is 13.2 Å². The molecule has 0 aromatic carbocycles. The third-order valence-corrected chi connectivity index (χ3v) is 5.46. The number of carbonyl (C=O) groups is 1. The van der Waals surface area contributed by atoms with E-state index in [2.05, 4.69) is 0 Å². The molecule has 7 heteroatoms. The number of rotatable bonds is 10. The zero-order valence-electron chi connectivity index (χ0n) is 11.5. The molecule has 1 aliphatic carbocycles. The lowest BCUT2D eigenvalue weighted by Gasteiger charge is -2.28. The second kappa shape index (κ2) is 7.21. The molecular formula is C12H23NO5S. The Bertz CT molecular complexity index is 391. The fraction of sp³-hybridized carbons (Fsp3) is 0.917. The molecular weight excluding hydrogens is 270 g/mol. The molecule has 112 valence electrons. The van der Waals surface area contributed by atoms with E-state index in [4.69, 9.17) is 9.84 Å². The van der Waals surface area contributed by atoms with E-state index >= 15 is 0 Å². The molecule has 0 saturated heterocycles. The Balaban J connectivity index is 2.62. The Morgan fingerprint density at radius 1 is 1.47 bits per heavy atom. The van der Waals surface area contributed by atoms with E-state index in [0.29, 0.717) is 19.1 Å². The van der Waals surface area contributed by atoms with Gasteiger partial charge in [0.2, 0.25) is 10.0 Å². The number of carboxylic acids is 1. The minimum atomic E-state index is -3.40. The van der Waals surface area contributed by atoms with Crippen molar-refractivity contribution in [1.82, 2.24) is 4.31 Å². The van der Waals surface area contributed by atoms with E-state index in [0.717, 1.165) is 12.8 Å². The van der Waals surface area contributed by atoms with Crippen LogP contribution in [0.5, 0.6) is 0 Å². The van der Waals surface area contributed by atoms with Crippen LogP contribution in [0.1, 0.15) is 32.6 Å². The molecule has 1 saturated carbocycles. The largest absolute Gasteiger partial charge is 0.481 e. The second-order valence-electron chi connectivity index (χ2n) is 4.99. The molecule has 0 heterocycles. The molecule has 1 atom stereocenters. The van der Waals surface area contributed by atoms with E-state index in [1.54, 1.807) is 0 Å². The molecule has 0 radical (unpaired) electrons. The van der Waals surface area contributed by atoms with Crippen LogP contribution in [0.4, 0.5) is 0 Å². The van der Waals surface area contributed by atoms with Crippen molar-refractivity contribution in [2.75, 3.05) is 26.0 Å². The van der Waals surface area contributed by atoms with Crippen LogP contribution >= 0.6 is 0 Å². The number of aliphatic carboxylic acids is 1. The van der Waals surface area contributed by atoms with E-state index in [-0.39, 0.29) is 24.6 Å². The summed E-state index contributed by atoms with van der Waals surface area (Å²) in [7, 11) is -1.87. The van der Waals surface area contributed by atoms with Gasteiger partial charge in [0.05, 0.1) is 12.4 Å². The van der Waals surface area contributed by atoms with E-state index in [1.807, 2.05) is 6.92 Å². The average molecular weight is 293 g/mol. The molecule has 0 aliphatic heterocycles. The van der Waals surface area contributed by atoms with Gasteiger partial charge in [0.15, 0.2) is 0 Å². The van der Waals surface area contributed by atoms with Crippen LogP contribution < -0.4 is 0 Å². The molecule has 1 N–H and O–H groups in total. The van der Waals surface area contributed by atoms with Crippen LogP contribution in [0.2, 0.25) is 0 Å². The van der Waals surface area contributed by atoms with Crippen molar-refractivity contribution < 1.29 is 23.1 Å². The van der Waals surface area contributed by atoms with Gasteiger partial charge in [-0.2, -0.15) is 4.31 Å². The second-order valence-corrected chi connectivity index (χ2v) is 7.04. The Hall–Kier alpha value is -0.660. The number of hydrogen-bond acceptors (Lipinski definition) is 4. The standard InChI is InChI=1S/C12H23NO5S/c1-10(11-5-6-11)13(7-8-18-2)19(16,17)9-3-4-12(14)15/h10-11H,3-9H2,1-2H3,(H,14,15). The first-order chi connectivity index (χ1) is 8.88. The fourth-order valence-electron chi connectivity index (χ4n) is 2.11. The van der Waals surface area contributed by atoms with Gasteiger partial charge in [-0.3, -0.25) is 4.79 Å². The topological polar surface area (TPSA) is 83.9 Å². The zero-order valence-corrected chi connectivity index (χ0v) is 12.4. The predicted molar refractivity (Wildman–Crippen MR) is 71.4 cm³/mol. The monoisotopic (exact) mass is 293 g/mol. The van der Waals surface area contributed by atoms with Gasteiger partial charge in [-0.1, -0.05) is 0 Å². The smallest absolute Gasteiger partial charge is 0.303 e. The Morgan fingerprint density at radius 3 is 2.58 bits per heavy atom. The first-order valence-electron chi connectivity index (χ1n) is 6.58. The summed E-state index contributed by atoms with van der Waals surface area (Å²) in [4.78, 5) is 10.5. The van der Waals surface area contributed by atoms with Gasteiger partial charge in [-0.05, 0) is 32.1 Å². The SMILES string of the molecule is COCCN(C(C)C1CC1)S(=O)(=O)CCCC(=O)O. The van der Waals surface area contributed by atoms with Crippen molar-refractivity contribution in [3.63, 3.8) is 0 Å². The number of nitrogens with zero attached hydrogens (tertiary/aromatic N) is 1. The molecule has 19 heavy (non-hydrogen) atoms. The highest BCUT2D eigenvalue weighted by atomic mass is 32.2. The molecule has 0 amide bonds. The van der Waals surface area contributed by atoms with Crippen LogP contribution in [0, 0.1) is 5.92 Å². The van der Waals surface area contributed by atoms with E-state index in [1.165, 1.54) is 11.4 Å². The maximum Gasteiger partial charge on any atom is 0.303 e. The summed E-state index contributed by atoms with van der Waals surface area (Å²) >= 11 is 0. The first-order valence-corrected chi connectivity index (χ1v) is 8.19. The fourth-order valence-corrected chi connectivity index (χ4v) is 3.89. The average Bonchev–Trinajstić information content (AvgIpc) is 3.11. The number of methoxy groups -OCH3 is 1. The lowest BCUT2D eigenvalue weighted by Crippen LogP contribution is -2.43. The molecule has 0 bridgehead atoms. The van der Waals surface area contributed by atoms with Crippen molar-refractivity contribution >= 4 is 16.0 Å². The first kappa shape index (κ1) is 16.4. The summed E-state index contributed by atoms with van der Waals surface area (Å²) in [6, 6.07) is -0.0232. The number of carboxylic acid groups (broad SMARTS) is 1. The molecule has 0 aromatic heterocycles. The highest BCUT2D eigenvalue weighted by Crippen LogP contribution is 2.36. The summed E-state index contributed by atoms with van der Waals surface area (Å²) in [5.74, 6) is -0.639. The molecule has 6 nitrogen and oxygen atoms in total. The van der Waals surface area contributed by atoms with Gasteiger partial charge < -0.3 is 9.84 Å². The number of hydrogen-bond donors (Lipinski definition) is 1. The normalized spacial score (nSPS) is 17.6. The molecule has 1 fully saturated rings. The van der Waals surface area contributed by atoms with Crippen molar-refractivity contribution in [3.8, 4) is 0 Å². The van der Waals surface area contributed by atoms with Crippen LogP contribution in [-0.2, 0) is 19.6 Å². The lowest BCUT2D eigenvalue weighted by molar-refractivity contribution is -0.137. The molecule has 0 spiro atoms. The highest BCUT2D eigenvalue weighted by Gasteiger charge is 2.37. The van der Waals surface area contributed by atoms with Gasteiger partial charge in [-0.15, -0.1) is 0 Å². The summed E-state index contributed by atoms with van der Waals surface area (Å²) in [6.07, 6.45) is 2.16. The van der Waals surface area contributed by atoms with Crippen LogP contribution in [0.15, 0.2) is 0 Å².